The lowest BCUT2D eigenvalue weighted by Gasteiger charge is -2.07. The van der Waals surface area contributed by atoms with Crippen LogP contribution in [0, 0.1) is 17.5 Å². The summed E-state index contributed by atoms with van der Waals surface area (Å²) in [5.74, 6) is -1.71. The Balaban J connectivity index is 2.30. The van der Waals surface area contributed by atoms with Crippen molar-refractivity contribution in [3.8, 4) is 11.3 Å². The third kappa shape index (κ3) is 2.05. The monoisotopic (exact) mass is 259 g/mol. The Kier molecular flexibility index (Phi) is 2.71. The number of fused-ring (bicyclic) bond motifs is 1. The van der Waals surface area contributed by atoms with Crippen LogP contribution in [0.25, 0.3) is 22.0 Å². The van der Waals surface area contributed by atoms with Crippen LogP contribution in [0.4, 0.5) is 13.2 Å². The summed E-state index contributed by atoms with van der Waals surface area (Å²) in [7, 11) is 0. The zero-order valence-electron chi connectivity index (χ0n) is 9.70. The third-order valence-electron chi connectivity index (χ3n) is 2.91. The van der Waals surface area contributed by atoms with Gasteiger partial charge in [0.15, 0.2) is 0 Å². The molecule has 4 heteroatoms. The molecule has 1 nitrogen and oxygen atoms in total. The second-order valence-corrected chi connectivity index (χ2v) is 4.15. The first-order chi connectivity index (χ1) is 9.15. The van der Waals surface area contributed by atoms with E-state index >= 15 is 0 Å². The summed E-state index contributed by atoms with van der Waals surface area (Å²) >= 11 is 0. The molecule has 0 atom stereocenters. The zero-order valence-corrected chi connectivity index (χ0v) is 9.70. The van der Waals surface area contributed by atoms with Crippen molar-refractivity contribution in [2.75, 3.05) is 0 Å². The Morgan fingerprint density at radius 1 is 0.789 bits per heavy atom. The summed E-state index contributed by atoms with van der Waals surface area (Å²) < 4.78 is 39.9. The molecule has 0 saturated carbocycles. The van der Waals surface area contributed by atoms with E-state index in [2.05, 4.69) is 4.98 Å². The second kappa shape index (κ2) is 4.39. The van der Waals surface area contributed by atoms with Gasteiger partial charge in [0.05, 0.1) is 5.69 Å². The van der Waals surface area contributed by atoms with E-state index in [-0.39, 0.29) is 11.4 Å². The van der Waals surface area contributed by atoms with E-state index in [0.29, 0.717) is 16.5 Å². The van der Waals surface area contributed by atoms with E-state index in [4.69, 9.17) is 0 Å². The standard InChI is InChI=1S/C15H8F3N/c16-10-1-3-12-9(7-10)5-6-19-15(12)13-4-2-11(17)8-14(13)18/h1-8H. The Labute approximate surface area is 107 Å². The van der Waals surface area contributed by atoms with Crippen molar-refractivity contribution in [3.63, 3.8) is 0 Å². The normalized spacial score (nSPS) is 10.9. The molecule has 0 fully saturated rings. The summed E-state index contributed by atoms with van der Waals surface area (Å²) in [5, 5.41) is 1.24. The number of aromatic nitrogens is 1. The average Bonchev–Trinajstić information content (AvgIpc) is 2.38. The molecule has 0 bridgehead atoms. The molecule has 0 unspecified atom stereocenters. The van der Waals surface area contributed by atoms with E-state index < -0.39 is 11.6 Å². The minimum absolute atomic E-state index is 0.193. The number of nitrogens with zero attached hydrogens (tertiary/aromatic N) is 1. The van der Waals surface area contributed by atoms with Crippen molar-refractivity contribution in [2.45, 2.75) is 0 Å². The van der Waals surface area contributed by atoms with Crippen LogP contribution < -0.4 is 0 Å². The van der Waals surface area contributed by atoms with Crippen LogP contribution in [0.1, 0.15) is 0 Å². The number of pyridine rings is 1. The van der Waals surface area contributed by atoms with Gasteiger partial charge >= 0.3 is 0 Å². The van der Waals surface area contributed by atoms with Crippen molar-refractivity contribution in [3.05, 3.63) is 66.1 Å². The molecule has 0 aliphatic rings. The highest BCUT2D eigenvalue weighted by atomic mass is 19.1. The molecule has 0 saturated heterocycles. The SMILES string of the molecule is Fc1ccc(-c2nccc3cc(F)ccc23)c(F)c1. The minimum Gasteiger partial charge on any atom is -0.255 e. The topological polar surface area (TPSA) is 12.9 Å². The Morgan fingerprint density at radius 2 is 1.53 bits per heavy atom. The Morgan fingerprint density at radius 3 is 2.32 bits per heavy atom. The van der Waals surface area contributed by atoms with Gasteiger partial charge in [-0.15, -0.1) is 0 Å². The second-order valence-electron chi connectivity index (χ2n) is 4.15. The average molecular weight is 259 g/mol. The largest absolute Gasteiger partial charge is 0.255 e. The van der Waals surface area contributed by atoms with Crippen LogP contribution in [0.3, 0.4) is 0 Å². The van der Waals surface area contributed by atoms with Gasteiger partial charge in [-0.25, -0.2) is 13.2 Å². The van der Waals surface area contributed by atoms with Gasteiger partial charge in [0, 0.05) is 23.2 Å². The quantitative estimate of drug-likeness (QED) is 0.634. The van der Waals surface area contributed by atoms with Crippen LogP contribution in [0.5, 0.6) is 0 Å². The lowest BCUT2D eigenvalue weighted by molar-refractivity contribution is 0.585. The van der Waals surface area contributed by atoms with Crippen LogP contribution in [-0.4, -0.2) is 4.98 Å². The van der Waals surface area contributed by atoms with E-state index in [1.165, 1.54) is 36.5 Å². The molecule has 0 amide bonds. The smallest absolute Gasteiger partial charge is 0.135 e. The van der Waals surface area contributed by atoms with Crippen LogP contribution >= 0.6 is 0 Å². The third-order valence-corrected chi connectivity index (χ3v) is 2.91. The predicted octanol–water partition coefficient (Wildman–Crippen LogP) is 4.32. The fourth-order valence-electron chi connectivity index (χ4n) is 2.04. The molecule has 0 aliphatic carbocycles. The summed E-state index contributed by atoms with van der Waals surface area (Å²) in [5.41, 5.74) is 0.564. The maximum Gasteiger partial charge on any atom is 0.135 e. The van der Waals surface area contributed by atoms with Crippen LogP contribution in [0.15, 0.2) is 48.7 Å². The van der Waals surface area contributed by atoms with E-state index in [1.54, 1.807) is 6.07 Å². The van der Waals surface area contributed by atoms with Crippen molar-refractivity contribution >= 4 is 10.8 Å². The van der Waals surface area contributed by atoms with E-state index in [0.717, 1.165) is 6.07 Å². The molecule has 3 rings (SSSR count). The molecule has 1 heterocycles. The summed E-state index contributed by atoms with van der Waals surface area (Å²) in [6.45, 7) is 0. The zero-order chi connectivity index (χ0) is 13.4. The van der Waals surface area contributed by atoms with Gasteiger partial charge < -0.3 is 0 Å². The molecular weight excluding hydrogens is 251 g/mol. The molecule has 0 radical (unpaired) electrons. The first-order valence-corrected chi connectivity index (χ1v) is 5.65. The first kappa shape index (κ1) is 11.7. The molecular formula is C15H8F3N. The highest BCUT2D eigenvalue weighted by Gasteiger charge is 2.11. The van der Waals surface area contributed by atoms with Crippen molar-refractivity contribution in [1.29, 1.82) is 0 Å². The maximum absolute atomic E-state index is 13.8. The highest BCUT2D eigenvalue weighted by molar-refractivity contribution is 5.94. The first-order valence-electron chi connectivity index (χ1n) is 5.65. The number of hydrogen-bond acceptors (Lipinski definition) is 1. The fourth-order valence-corrected chi connectivity index (χ4v) is 2.04. The van der Waals surface area contributed by atoms with Gasteiger partial charge in [-0.05, 0) is 41.8 Å². The maximum atomic E-state index is 13.8. The Bertz CT molecular complexity index is 768. The molecule has 2 aromatic carbocycles. The lowest BCUT2D eigenvalue weighted by Crippen LogP contribution is -1.91. The number of rotatable bonds is 1. The number of halogens is 3. The van der Waals surface area contributed by atoms with Crippen molar-refractivity contribution in [1.82, 2.24) is 4.98 Å². The molecule has 1 aromatic heterocycles. The van der Waals surface area contributed by atoms with Gasteiger partial charge in [-0.2, -0.15) is 0 Å². The molecule has 94 valence electrons. The van der Waals surface area contributed by atoms with E-state index in [9.17, 15) is 13.2 Å². The van der Waals surface area contributed by atoms with Crippen LogP contribution in [-0.2, 0) is 0 Å². The summed E-state index contributed by atoms with van der Waals surface area (Å²) in [6.07, 6.45) is 1.47. The lowest BCUT2D eigenvalue weighted by atomic mass is 10.0. The molecule has 0 aliphatic heterocycles. The molecule has 0 spiro atoms. The van der Waals surface area contributed by atoms with Crippen molar-refractivity contribution < 1.29 is 13.2 Å². The highest BCUT2D eigenvalue weighted by Crippen LogP contribution is 2.29. The number of benzene rings is 2. The minimum atomic E-state index is -0.690. The number of hydrogen-bond donors (Lipinski definition) is 0. The predicted molar refractivity (Wildman–Crippen MR) is 67.1 cm³/mol. The van der Waals surface area contributed by atoms with Gasteiger partial charge in [-0.1, -0.05) is 0 Å². The van der Waals surface area contributed by atoms with Crippen molar-refractivity contribution in [2.24, 2.45) is 0 Å². The van der Waals surface area contributed by atoms with Gasteiger partial charge in [0.2, 0.25) is 0 Å². The van der Waals surface area contributed by atoms with Gasteiger partial charge in [0.25, 0.3) is 0 Å². The van der Waals surface area contributed by atoms with Gasteiger partial charge in [0.1, 0.15) is 17.5 Å². The molecule has 3 aromatic rings. The fraction of sp³-hybridized carbons (Fsp3) is 0. The Hall–Kier alpha value is -2.36. The van der Waals surface area contributed by atoms with Crippen LogP contribution in [0.2, 0.25) is 0 Å². The summed E-state index contributed by atoms with van der Waals surface area (Å²) in [6, 6.07) is 9.12. The summed E-state index contributed by atoms with van der Waals surface area (Å²) in [4.78, 5) is 4.11. The molecule has 0 N–H and O–H groups in total. The molecule has 19 heavy (non-hydrogen) atoms. The van der Waals surface area contributed by atoms with Gasteiger partial charge in [-0.3, -0.25) is 4.98 Å². The van der Waals surface area contributed by atoms with E-state index in [1.807, 2.05) is 0 Å².